The van der Waals surface area contributed by atoms with Gasteiger partial charge >= 0.3 is 0 Å². The van der Waals surface area contributed by atoms with Crippen molar-refractivity contribution in [3.8, 4) is 33.6 Å². The number of fused-ring (bicyclic) bond motifs is 3. The first-order valence-corrected chi connectivity index (χ1v) is 23.3. The van der Waals surface area contributed by atoms with Crippen LogP contribution in [0.4, 0.5) is 0 Å². The zero-order chi connectivity index (χ0) is 36.2. The van der Waals surface area contributed by atoms with Crippen LogP contribution in [0, 0.1) is 18.1 Å². The van der Waals surface area contributed by atoms with Crippen molar-refractivity contribution in [3.05, 3.63) is 139 Å². The van der Waals surface area contributed by atoms with Gasteiger partial charge in [-0.05, 0) is 59.3 Å². The Balaban J connectivity index is 0.000000174. The Labute approximate surface area is 336 Å². The van der Waals surface area contributed by atoms with Crippen molar-refractivity contribution in [1.29, 1.82) is 0 Å². The fourth-order valence-electron chi connectivity index (χ4n) is 8.64. The van der Waals surface area contributed by atoms with Gasteiger partial charge in [-0.15, -0.1) is 54.1 Å². The van der Waals surface area contributed by atoms with Gasteiger partial charge in [-0.3, -0.25) is 0 Å². The van der Waals surface area contributed by atoms with Crippen LogP contribution >= 0.6 is 0 Å². The predicted molar refractivity (Wildman–Crippen MR) is 224 cm³/mol. The van der Waals surface area contributed by atoms with Crippen LogP contribution < -0.4 is 5.19 Å². The average molecular weight is 903 g/mol. The molecule has 2 aliphatic rings. The van der Waals surface area contributed by atoms with E-state index in [4.69, 9.17) is 14.4 Å². The molecule has 0 spiro atoms. The molecule has 2 saturated carbocycles. The molecule has 4 aromatic carbocycles. The first-order chi connectivity index (χ1) is 25.9. The summed E-state index contributed by atoms with van der Waals surface area (Å²) in [6, 6.07) is 42.6. The molecule has 0 amide bonds. The van der Waals surface area contributed by atoms with E-state index >= 15 is 0 Å². The quantitative estimate of drug-likeness (QED) is 0.118. The number of hydrogen-bond acceptors (Lipinski definition) is 3. The maximum absolute atomic E-state index is 6.54. The summed E-state index contributed by atoms with van der Waals surface area (Å²) in [5, 5.41) is 3.79. The molecule has 0 unspecified atom stereocenters. The zero-order valence-electron chi connectivity index (χ0n) is 31.8. The van der Waals surface area contributed by atoms with E-state index in [-0.39, 0.29) is 20.1 Å². The smallest absolute Gasteiger partial charge is 0.128 e. The van der Waals surface area contributed by atoms with Gasteiger partial charge in [0.15, 0.2) is 0 Å². The first-order valence-electron chi connectivity index (χ1n) is 19.8. The van der Waals surface area contributed by atoms with Crippen LogP contribution in [0.1, 0.15) is 74.8 Å². The van der Waals surface area contributed by atoms with E-state index in [9.17, 15) is 0 Å². The van der Waals surface area contributed by atoms with Gasteiger partial charge in [-0.2, -0.15) is 0 Å². The topological polar surface area (TPSA) is 38.9 Å². The average Bonchev–Trinajstić information content (AvgIpc) is 3.87. The summed E-state index contributed by atoms with van der Waals surface area (Å²) in [7, 11) is -1.35. The van der Waals surface area contributed by atoms with Gasteiger partial charge in [-0.25, -0.2) is 0 Å². The van der Waals surface area contributed by atoms with Crippen LogP contribution in [0.3, 0.4) is 0 Å². The van der Waals surface area contributed by atoms with E-state index in [1.165, 1.54) is 69.8 Å². The molecule has 54 heavy (non-hydrogen) atoms. The standard InChI is InChI=1S/C29H24NO.C20H26NSi.Ir/c1-3-9-20(10-4-1)22-17-18-30-27(19-22)26-16-8-15-25-24-14-7-13-23(28(24)31-29(25)26)21-11-5-2-6-12-21;1-22(2,3)20-15-21-19(17-11-5-4-6-12-17)14-18(20)13-16-9-7-8-10-16;/h2,5-8,11-15,17-20H,1,3-4,9-10H2;4-6,11,14-16H,7-10,13H2,1-3H3;/q2*-1;. The number of nitrogens with zero attached hydrogens (tertiary/aromatic N) is 2. The molecule has 3 heterocycles. The number of rotatable bonds is 7. The molecular formula is C49H50IrN2OSi-2. The Morgan fingerprint density at radius 3 is 2.20 bits per heavy atom. The molecule has 2 fully saturated rings. The molecular weight excluding hydrogens is 853 g/mol. The van der Waals surface area contributed by atoms with E-state index in [0.717, 1.165) is 61.5 Å². The van der Waals surface area contributed by atoms with Crippen molar-refractivity contribution in [3.63, 3.8) is 0 Å². The minimum Gasteiger partial charge on any atom is -0.500 e. The molecule has 2 aliphatic carbocycles. The van der Waals surface area contributed by atoms with Gasteiger partial charge in [-0.1, -0.05) is 147 Å². The van der Waals surface area contributed by atoms with Crippen molar-refractivity contribution in [2.45, 2.75) is 89.8 Å². The monoisotopic (exact) mass is 903 g/mol. The second kappa shape index (κ2) is 17.1. The number of aromatic nitrogens is 2. The summed E-state index contributed by atoms with van der Waals surface area (Å²) in [6.45, 7) is 7.28. The Morgan fingerprint density at radius 2 is 1.44 bits per heavy atom. The number of pyridine rings is 2. The molecule has 5 heteroatoms. The van der Waals surface area contributed by atoms with E-state index in [1.807, 2.05) is 30.5 Å². The number of para-hydroxylation sites is 1. The zero-order valence-corrected chi connectivity index (χ0v) is 35.2. The SMILES string of the molecule is C[Si](C)(C)c1cnc(-c2[c-]cccc2)cc1CC1CCCC1.[Ir].[c-]1ccc2c(oc3c(-c4ccccc4)cccc32)c1-c1cc(C2CCCCC2)ccn1. The van der Waals surface area contributed by atoms with Gasteiger partial charge < -0.3 is 14.4 Å². The Hall–Kier alpha value is -4.15. The van der Waals surface area contributed by atoms with Crippen LogP contribution in [-0.2, 0) is 26.5 Å². The van der Waals surface area contributed by atoms with E-state index in [2.05, 4.69) is 117 Å². The second-order valence-corrected chi connectivity index (χ2v) is 21.2. The normalized spacial score (nSPS) is 15.2. The maximum atomic E-state index is 6.54. The maximum Gasteiger partial charge on any atom is 0.128 e. The van der Waals surface area contributed by atoms with Crippen molar-refractivity contribution >= 4 is 35.2 Å². The molecule has 0 N–H and O–H groups in total. The van der Waals surface area contributed by atoms with Gasteiger partial charge in [0, 0.05) is 43.4 Å². The molecule has 3 nitrogen and oxygen atoms in total. The molecule has 0 saturated heterocycles. The van der Waals surface area contributed by atoms with E-state index in [1.54, 1.807) is 10.8 Å². The van der Waals surface area contributed by atoms with Crippen molar-refractivity contribution in [2.24, 2.45) is 5.92 Å². The minimum absolute atomic E-state index is 0. The van der Waals surface area contributed by atoms with Gasteiger partial charge in [0.25, 0.3) is 0 Å². The number of benzene rings is 4. The third kappa shape index (κ3) is 8.39. The fraction of sp³-hybridized carbons (Fsp3) is 0.306. The molecule has 0 atom stereocenters. The van der Waals surface area contributed by atoms with Crippen LogP contribution in [0.15, 0.2) is 120 Å². The molecule has 9 rings (SSSR count). The van der Waals surface area contributed by atoms with E-state index < -0.39 is 8.07 Å². The van der Waals surface area contributed by atoms with Crippen LogP contribution in [0.5, 0.6) is 0 Å². The van der Waals surface area contributed by atoms with Crippen molar-refractivity contribution < 1.29 is 24.5 Å². The molecule has 277 valence electrons. The summed E-state index contributed by atoms with van der Waals surface area (Å²) in [5.74, 6) is 1.53. The first kappa shape index (κ1) is 38.1. The molecule has 7 aromatic rings. The summed E-state index contributed by atoms with van der Waals surface area (Å²) in [5.41, 5.74) is 11.1. The molecule has 3 aromatic heterocycles. The summed E-state index contributed by atoms with van der Waals surface area (Å²) < 4.78 is 6.54. The Morgan fingerprint density at radius 1 is 0.685 bits per heavy atom. The summed E-state index contributed by atoms with van der Waals surface area (Å²) in [4.78, 5) is 9.47. The van der Waals surface area contributed by atoms with E-state index in [0.29, 0.717) is 5.92 Å². The summed E-state index contributed by atoms with van der Waals surface area (Å²) in [6.07, 6.45) is 17.6. The molecule has 0 bridgehead atoms. The third-order valence-electron chi connectivity index (χ3n) is 11.4. The van der Waals surface area contributed by atoms with Crippen LogP contribution in [-0.4, -0.2) is 18.0 Å². The Bertz CT molecular complexity index is 2300. The Kier molecular flexibility index (Phi) is 12.1. The van der Waals surface area contributed by atoms with Crippen molar-refractivity contribution in [2.75, 3.05) is 0 Å². The number of furan rings is 1. The second-order valence-electron chi connectivity index (χ2n) is 16.2. The van der Waals surface area contributed by atoms with Crippen molar-refractivity contribution in [1.82, 2.24) is 9.97 Å². The van der Waals surface area contributed by atoms with Gasteiger partial charge in [0.2, 0.25) is 0 Å². The molecule has 0 aliphatic heterocycles. The largest absolute Gasteiger partial charge is 0.500 e. The number of hydrogen-bond donors (Lipinski definition) is 0. The van der Waals surface area contributed by atoms with Gasteiger partial charge in [0.05, 0.1) is 13.7 Å². The fourth-order valence-corrected chi connectivity index (χ4v) is 10.2. The van der Waals surface area contributed by atoms with Crippen LogP contribution in [0.25, 0.3) is 55.6 Å². The molecule has 1 radical (unpaired) electrons. The summed E-state index contributed by atoms with van der Waals surface area (Å²) >= 11 is 0. The third-order valence-corrected chi connectivity index (χ3v) is 13.5. The van der Waals surface area contributed by atoms with Gasteiger partial charge in [0.1, 0.15) is 5.58 Å². The predicted octanol–water partition coefficient (Wildman–Crippen LogP) is 13.0. The minimum atomic E-state index is -1.35. The van der Waals surface area contributed by atoms with Crippen LogP contribution in [0.2, 0.25) is 19.6 Å².